The van der Waals surface area contributed by atoms with E-state index in [1.165, 1.54) is 18.3 Å². The van der Waals surface area contributed by atoms with Crippen LogP contribution in [0.4, 0.5) is 0 Å². The molecule has 7 heteroatoms. The van der Waals surface area contributed by atoms with Gasteiger partial charge in [-0.2, -0.15) is 0 Å². The van der Waals surface area contributed by atoms with E-state index < -0.39 is 21.8 Å². The number of sulfone groups is 1. The number of amides is 1. The second-order valence-electron chi connectivity index (χ2n) is 3.60. The number of nitrogens with one attached hydrogen (secondary N) is 1. The Morgan fingerprint density at radius 2 is 2.29 bits per heavy atom. The zero-order chi connectivity index (χ0) is 12.5. The van der Waals surface area contributed by atoms with E-state index in [1.54, 1.807) is 6.07 Å². The molecule has 0 saturated carbocycles. The summed E-state index contributed by atoms with van der Waals surface area (Å²) in [4.78, 5) is 15.6. The predicted octanol–water partition coefficient (Wildman–Crippen LogP) is 0.776. The summed E-state index contributed by atoms with van der Waals surface area (Å²) < 4.78 is 22.3. The van der Waals surface area contributed by atoms with Crippen LogP contribution in [0.15, 0.2) is 29.8 Å². The van der Waals surface area contributed by atoms with Crippen molar-refractivity contribution in [1.82, 2.24) is 10.3 Å². The molecule has 1 aromatic heterocycles. The third kappa shape index (κ3) is 3.04. The molecule has 1 N–H and O–H groups in total. The van der Waals surface area contributed by atoms with E-state index in [0.717, 1.165) is 5.41 Å². The van der Waals surface area contributed by atoms with E-state index in [4.69, 9.17) is 11.6 Å². The molecule has 1 unspecified atom stereocenters. The van der Waals surface area contributed by atoms with Gasteiger partial charge in [-0.3, -0.25) is 9.78 Å². The molecule has 2 heterocycles. The standard InChI is InChI=1S/C10H9ClN2O3S/c11-7-1-3-12-9(5-7)10(14)13-8-2-4-17(15,16)6-8/h1-5,8H,6H2,(H,13,14). The second-order valence-corrected chi connectivity index (χ2v) is 5.96. The fourth-order valence-electron chi connectivity index (χ4n) is 1.44. The minimum atomic E-state index is -3.17. The summed E-state index contributed by atoms with van der Waals surface area (Å²) >= 11 is 5.72. The first-order valence-electron chi connectivity index (χ1n) is 4.80. The maximum Gasteiger partial charge on any atom is 0.270 e. The van der Waals surface area contributed by atoms with Crippen molar-refractivity contribution in [3.63, 3.8) is 0 Å². The van der Waals surface area contributed by atoms with Gasteiger partial charge in [0.05, 0.1) is 11.8 Å². The zero-order valence-electron chi connectivity index (χ0n) is 8.63. The summed E-state index contributed by atoms with van der Waals surface area (Å²) in [6.45, 7) is 0. The predicted molar refractivity (Wildman–Crippen MR) is 63.4 cm³/mol. The van der Waals surface area contributed by atoms with E-state index in [-0.39, 0.29) is 11.4 Å². The van der Waals surface area contributed by atoms with Crippen molar-refractivity contribution in [2.75, 3.05) is 5.75 Å². The summed E-state index contributed by atoms with van der Waals surface area (Å²) in [5.74, 6) is -0.557. The zero-order valence-corrected chi connectivity index (χ0v) is 10.2. The first-order chi connectivity index (χ1) is 7.96. The number of carbonyl (C=O) groups is 1. The van der Waals surface area contributed by atoms with Gasteiger partial charge in [0.2, 0.25) is 0 Å². The van der Waals surface area contributed by atoms with Crippen molar-refractivity contribution in [3.05, 3.63) is 40.5 Å². The number of rotatable bonds is 2. The smallest absolute Gasteiger partial charge is 0.270 e. The Labute approximate surface area is 103 Å². The van der Waals surface area contributed by atoms with Gasteiger partial charge in [0.1, 0.15) is 5.69 Å². The average Bonchev–Trinajstić information content (AvgIpc) is 2.58. The molecule has 0 bridgehead atoms. The molecule has 0 fully saturated rings. The monoisotopic (exact) mass is 272 g/mol. The van der Waals surface area contributed by atoms with Gasteiger partial charge >= 0.3 is 0 Å². The summed E-state index contributed by atoms with van der Waals surface area (Å²) in [6, 6.07) is 2.47. The van der Waals surface area contributed by atoms with Gasteiger partial charge in [-0.1, -0.05) is 11.6 Å². The maximum atomic E-state index is 11.7. The SMILES string of the molecule is O=C(NC1C=CS(=O)(=O)C1)c1cc(Cl)ccn1. The highest BCUT2D eigenvalue weighted by molar-refractivity contribution is 7.94. The second kappa shape index (κ2) is 4.46. The van der Waals surface area contributed by atoms with Gasteiger partial charge < -0.3 is 5.32 Å². The van der Waals surface area contributed by atoms with Crippen LogP contribution in [0.1, 0.15) is 10.5 Å². The molecule has 1 amide bonds. The summed E-state index contributed by atoms with van der Waals surface area (Å²) in [6.07, 6.45) is 2.86. The minimum Gasteiger partial charge on any atom is -0.343 e. The van der Waals surface area contributed by atoms with Crippen LogP contribution in [-0.4, -0.2) is 31.1 Å². The van der Waals surface area contributed by atoms with Crippen LogP contribution in [0.2, 0.25) is 5.02 Å². The molecular weight excluding hydrogens is 264 g/mol. The quantitative estimate of drug-likeness (QED) is 0.863. The Kier molecular flexibility index (Phi) is 3.17. The molecule has 0 aromatic carbocycles. The van der Waals surface area contributed by atoms with Crippen LogP contribution in [0.3, 0.4) is 0 Å². The molecule has 0 aliphatic carbocycles. The van der Waals surface area contributed by atoms with E-state index >= 15 is 0 Å². The lowest BCUT2D eigenvalue weighted by Crippen LogP contribution is -2.35. The molecule has 1 aromatic rings. The number of halogens is 1. The molecule has 5 nitrogen and oxygen atoms in total. The van der Waals surface area contributed by atoms with Gasteiger partial charge in [0.25, 0.3) is 5.91 Å². The minimum absolute atomic E-state index is 0.112. The van der Waals surface area contributed by atoms with Crippen LogP contribution in [-0.2, 0) is 9.84 Å². The van der Waals surface area contributed by atoms with Crippen LogP contribution in [0.25, 0.3) is 0 Å². The van der Waals surface area contributed by atoms with Crippen molar-refractivity contribution in [3.8, 4) is 0 Å². The number of carbonyl (C=O) groups excluding carboxylic acids is 1. The van der Waals surface area contributed by atoms with Crippen molar-refractivity contribution >= 4 is 27.3 Å². The largest absolute Gasteiger partial charge is 0.343 e. The van der Waals surface area contributed by atoms with Crippen molar-refractivity contribution < 1.29 is 13.2 Å². The van der Waals surface area contributed by atoms with E-state index in [9.17, 15) is 13.2 Å². The Morgan fingerprint density at radius 3 is 2.88 bits per heavy atom. The maximum absolute atomic E-state index is 11.7. The van der Waals surface area contributed by atoms with Crippen molar-refractivity contribution in [2.45, 2.75) is 6.04 Å². The molecule has 0 spiro atoms. The van der Waals surface area contributed by atoms with E-state index in [1.807, 2.05) is 0 Å². The van der Waals surface area contributed by atoms with Gasteiger partial charge in [-0.05, 0) is 18.2 Å². The summed E-state index contributed by atoms with van der Waals surface area (Å²) in [5, 5.41) is 4.06. The first-order valence-corrected chi connectivity index (χ1v) is 6.89. The lowest BCUT2D eigenvalue weighted by atomic mass is 10.3. The van der Waals surface area contributed by atoms with Crippen LogP contribution in [0.5, 0.6) is 0 Å². The molecule has 1 aliphatic heterocycles. The number of hydrogen-bond donors (Lipinski definition) is 1. The molecule has 0 saturated heterocycles. The number of nitrogens with zero attached hydrogens (tertiary/aromatic N) is 1. The third-order valence-corrected chi connectivity index (χ3v) is 3.83. The Morgan fingerprint density at radius 1 is 1.53 bits per heavy atom. The van der Waals surface area contributed by atoms with Gasteiger partial charge in [0.15, 0.2) is 9.84 Å². The Balaban J connectivity index is 2.06. The molecule has 0 radical (unpaired) electrons. The number of pyridine rings is 1. The van der Waals surface area contributed by atoms with Crippen molar-refractivity contribution in [2.24, 2.45) is 0 Å². The van der Waals surface area contributed by atoms with Gasteiger partial charge in [-0.25, -0.2) is 8.42 Å². The first kappa shape index (κ1) is 12.1. The number of hydrogen-bond acceptors (Lipinski definition) is 4. The Hall–Kier alpha value is -1.40. The van der Waals surface area contributed by atoms with E-state index in [2.05, 4.69) is 10.3 Å². The molecule has 2 rings (SSSR count). The lowest BCUT2D eigenvalue weighted by molar-refractivity contribution is 0.0942. The molecule has 1 aliphatic rings. The molecular formula is C10H9ClN2O3S. The summed E-state index contributed by atoms with van der Waals surface area (Å²) in [7, 11) is -3.17. The topological polar surface area (TPSA) is 76.1 Å². The van der Waals surface area contributed by atoms with Crippen LogP contribution >= 0.6 is 11.6 Å². The van der Waals surface area contributed by atoms with Crippen LogP contribution in [0, 0.1) is 0 Å². The van der Waals surface area contributed by atoms with E-state index in [0.29, 0.717) is 5.02 Å². The fourth-order valence-corrected chi connectivity index (χ4v) is 2.83. The number of aromatic nitrogens is 1. The summed E-state index contributed by atoms with van der Waals surface area (Å²) in [5.41, 5.74) is 0.162. The molecule has 17 heavy (non-hydrogen) atoms. The highest BCUT2D eigenvalue weighted by Gasteiger charge is 2.23. The van der Waals surface area contributed by atoms with Gasteiger partial charge in [0, 0.05) is 16.6 Å². The third-order valence-electron chi connectivity index (χ3n) is 2.20. The van der Waals surface area contributed by atoms with Crippen LogP contribution < -0.4 is 5.32 Å². The van der Waals surface area contributed by atoms with Gasteiger partial charge in [-0.15, -0.1) is 0 Å². The fraction of sp³-hybridized carbons (Fsp3) is 0.200. The highest BCUT2D eigenvalue weighted by Crippen LogP contribution is 2.10. The lowest BCUT2D eigenvalue weighted by Gasteiger charge is -2.09. The molecule has 1 atom stereocenters. The normalized spacial score (nSPS) is 21.4. The average molecular weight is 273 g/mol. The highest BCUT2D eigenvalue weighted by atomic mass is 35.5. The molecule has 90 valence electrons. The van der Waals surface area contributed by atoms with Crippen molar-refractivity contribution in [1.29, 1.82) is 0 Å². The Bertz CT molecular complexity index is 583.